The molecule has 0 fully saturated rings. The molecule has 0 atom stereocenters. The van der Waals surface area contributed by atoms with Crippen LogP contribution >= 0.6 is 0 Å². The van der Waals surface area contributed by atoms with Gasteiger partial charge in [0.15, 0.2) is 0 Å². The summed E-state index contributed by atoms with van der Waals surface area (Å²) in [6.07, 6.45) is 0. The smallest absolute Gasteiger partial charge is 0.0195 e. The van der Waals surface area contributed by atoms with Crippen molar-refractivity contribution in [3.05, 3.63) is 0 Å². The van der Waals surface area contributed by atoms with Crippen molar-refractivity contribution in [3.8, 4) is 0 Å². The Morgan fingerprint density at radius 3 is 1.09 bits per heavy atom. The van der Waals surface area contributed by atoms with E-state index in [1.807, 2.05) is 0 Å². The molecule has 0 saturated carbocycles. The van der Waals surface area contributed by atoms with E-state index in [9.17, 15) is 0 Å². The highest BCUT2D eigenvalue weighted by molar-refractivity contribution is 4.89. The fourth-order valence-corrected chi connectivity index (χ4v) is 0.671. The summed E-state index contributed by atoms with van der Waals surface area (Å²) in [4.78, 5) is 2.27. The van der Waals surface area contributed by atoms with Gasteiger partial charge in [0.2, 0.25) is 0 Å². The lowest BCUT2D eigenvalue weighted by molar-refractivity contribution is 0.0652. The molecule has 0 unspecified atom stereocenters. The topological polar surface area (TPSA) is 3.24 Å². The fourth-order valence-electron chi connectivity index (χ4n) is 0.671. The summed E-state index contributed by atoms with van der Waals surface area (Å²) in [6, 6.07) is 0. The van der Waals surface area contributed by atoms with Crippen LogP contribution in [0.2, 0.25) is 0 Å². The normalized spacial score (nSPS) is 13.1. The lowest BCUT2D eigenvalue weighted by atomic mass is 9.75. The molecule has 0 N–H and O–H groups in total. The van der Waals surface area contributed by atoms with E-state index in [1.165, 1.54) is 0 Å². The monoisotopic (exact) mass is 159 g/mol. The van der Waals surface area contributed by atoms with Gasteiger partial charge in [-0.05, 0) is 33.4 Å². The molecular formula is C10H25N. The van der Waals surface area contributed by atoms with Crippen LogP contribution in [0.5, 0.6) is 0 Å². The minimum absolute atomic E-state index is 0. The zero-order valence-corrected chi connectivity index (χ0v) is 8.45. The summed E-state index contributed by atoms with van der Waals surface area (Å²) in [7, 11) is 4.26. The Bertz CT molecular complexity index is 107. The van der Waals surface area contributed by atoms with E-state index in [4.69, 9.17) is 0 Å². The van der Waals surface area contributed by atoms with Gasteiger partial charge >= 0.3 is 0 Å². The standard InChI is InChI=1S/C9H21N.CH4/c1-8(2,3)9(4,5)10(6)7;/h1-7H3;1H4. The number of nitrogens with zero attached hydrogens (tertiary/aromatic N) is 1. The lowest BCUT2D eigenvalue weighted by Crippen LogP contribution is -2.48. The summed E-state index contributed by atoms with van der Waals surface area (Å²) < 4.78 is 0. The molecule has 0 rings (SSSR count). The summed E-state index contributed by atoms with van der Waals surface area (Å²) in [6.45, 7) is 11.4. The molecule has 0 aromatic carbocycles. The largest absolute Gasteiger partial charge is 0.304 e. The Morgan fingerprint density at radius 2 is 1.09 bits per heavy atom. The molecular weight excluding hydrogens is 134 g/mol. The van der Waals surface area contributed by atoms with Gasteiger partial charge in [0.25, 0.3) is 0 Å². The summed E-state index contributed by atoms with van der Waals surface area (Å²) in [5.41, 5.74) is 0.615. The van der Waals surface area contributed by atoms with Crippen molar-refractivity contribution in [1.29, 1.82) is 0 Å². The van der Waals surface area contributed by atoms with Crippen molar-refractivity contribution >= 4 is 0 Å². The van der Waals surface area contributed by atoms with Gasteiger partial charge in [0.05, 0.1) is 0 Å². The second kappa shape index (κ2) is 3.57. The maximum absolute atomic E-state index is 2.27. The van der Waals surface area contributed by atoms with Gasteiger partial charge in [-0.1, -0.05) is 28.2 Å². The van der Waals surface area contributed by atoms with Gasteiger partial charge < -0.3 is 4.90 Å². The van der Waals surface area contributed by atoms with Crippen LogP contribution < -0.4 is 0 Å². The molecule has 0 amide bonds. The lowest BCUT2D eigenvalue weighted by Gasteiger charge is -2.44. The highest BCUT2D eigenvalue weighted by Crippen LogP contribution is 2.32. The van der Waals surface area contributed by atoms with E-state index in [0.29, 0.717) is 5.41 Å². The maximum atomic E-state index is 2.27. The van der Waals surface area contributed by atoms with Crippen LogP contribution in [-0.2, 0) is 0 Å². The van der Waals surface area contributed by atoms with Crippen LogP contribution in [-0.4, -0.2) is 24.5 Å². The number of hydrogen-bond donors (Lipinski definition) is 0. The first kappa shape index (κ1) is 13.5. The SMILES string of the molecule is C.CN(C)C(C)(C)C(C)(C)C. The molecule has 1 nitrogen and oxygen atoms in total. The summed E-state index contributed by atoms with van der Waals surface area (Å²) in [5.74, 6) is 0. The highest BCUT2D eigenvalue weighted by atomic mass is 15.1. The molecule has 0 aliphatic heterocycles. The highest BCUT2D eigenvalue weighted by Gasteiger charge is 2.34. The number of hydrogen-bond acceptors (Lipinski definition) is 1. The predicted octanol–water partition coefficient (Wildman–Crippen LogP) is 3.01. The van der Waals surface area contributed by atoms with Crippen LogP contribution in [0.1, 0.15) is 42.0 Å². The van der Waals surface area contributed by atoms with Gasteiger partial charge in [0, 0.05) is 5.54 Å². The van der Waals surface area contributed by atoms with E-state index in [0.717, 1.165) is 0 Å². The minimum atomic E-state index is 0. The molecule has 0 radical (unpaired) electrons. The molecule has 70 valence electrons. The molecule has 0 aromatic rings. The van der Waals surface area contributed by atoms with Gasteiger partial charge in [-0.25, -0.2) is 0 Å². The Morgan fingerprint density at radius 1 is 0.818 bits per heavy atom. The second-order valence-electron chi connectivity index (χ2n) is 4.70. The molecule has 0 aliphatic carbocycles. The zero-order valence-electron chi connectivity index (χ0n) is 8.45. The van der Waals surface area contributed by atoms with E-state index in [1.54, 1.807) is 0 Å². The van der Waals surface area contributed by atoms with Gasteiger partial charge in [-0.2, -0.15) is 0 Å². The molecule has 0 bridgehead atoms. The molecule has 0 aromatic heterocycles. The van der Waals surface area contributed by atoms with Gasteiger partial charge in [-0.3, -0.25) is 0 Å². The zero-order chi connectivity index (χ0) is 8.58. The summed E-state index contributed by atoms with van der Waals surface area (Å²) >= 11 is 0. The van der Waals surface area contributed by atoms with Crippen LogP contribution in [0.4, 0.5) is 0 Å². The Kier molecular flexibility index (Phi) is 4.40. The van der Waals surface area contributed by atoms with E-state index < -0.39 is 0 Å². The first-order chi connectivity index (χ1) is 4.19. The third kappa shape index (κ3) is 2.82. The molecule has 0 aliphatic rings. The van der Waals surface area contributed by atoms with Crippen LogP contribution in [0, 0.1) is 5.41 Å². The fraction of sp³-hybridized carbons (Fsp3) is 1.00. The first-order valence-corrected chi connectivity index (χ1v) is 3.87. The maximum Gasteiger partial charge on any atom is 0.0195 e. The molecule has 0 spiro atoms. The molecule has 0 saturated heterocycles. The van der Waals surface area contributed by atoms with Crippen LogP contribution in [0.15, 0.2) is 0 Å². The average Bonchev–Trinajstić information content (AvgIpc) is 1.62. The second-order valence-corrected chi connectivity index (χ2v) is 4.70. The summed E-state index contributed by atoms with van der Waals surface area (Å²) in [5, 5.41) is 0. The molecule has 1 heteroatoms. The number of rotatable bonds is 1. The van der Waals surface area contributed by atoms with Crippen LogP contribution in [0.3, 0.4) is 0 Å². The van der Waals surface area contributed by atoms with Crippen molar-refractivity contribution in [3.63, 3.8) is 0 Å². The quantitative estimate of drug-likeness (QED) is 0.568. The predicted molar refractivity (Wildman–Crippen MR) is 54.0 cm³/mol. The Balaban J connectivity index is 0. The van der Waals surface area contributed by atoms with Crippen molar-refractivity contribution in [1.82, 2.24) is 4.90 Å². The van der Waals surface area contributed by atoms with Crippen LogP contribution in [0.25, 0.3) is 0 Å². The van der Waals surface area contributed by atoms with Gasteiger partial charge in [0.1, 0.15) is 0 Å². The van der Waals surface area contributed by atoms with Crippen molar-refractivity contribution < 1.29 is 0 Å². The van der Waals surface area contributed by atoms with Crippen molar-refractivity contribution in [2.75, 3.05) is 14.1 Å². The molecule has 0 heterocycles. The molecule has 11 heavy (non-hydrogen) atoms. The van der Waals surface area contributed by atoms with E-state index in [-0.39, 0.29) is 13.0 Å². The van der Waals surface area contributed by atoms with Crippen molar-refractivity contribution in [2.24, 2.45) is 5.41 Å². The van der Waals surface area contributed by atoms with E-state index >= 15 is 0 Å². The Labute approximate surface area is 72.8 Å². The third-order valence-electron chi connectivity index (χ3n) is 2.95. The minimum Gasteiger partial charge on any atom is -0.304 e. The average molecular weight is 159 g/mol. The van der Waals surface area contributed by atoms with Gasteiger partial charge in [-0.15, -0.1) is 0 Å². The first-order valence-electron chi connectivity index (χ1n) is 3.87. The Hall–Kier alpha value is -0.0400. The van der Waals surface area contributed by atoms with Crippen molar-refractivity contribution in [2.45, 2.75) is 47.6 Å². The van der Waals surface area contributed by atoms with E-state index in [2.05, 4.69) is 53.6 Å². The third-order valence-corrected chi connectivity index (χ3v) is 2.95.